The molecule has 2 aromatic heterocycles. The molecule has 0 saturated carbocycles. The van der Waals surface area contributed by atoms with E-state index < -0.39 is 17.7 Å². The number of hydrogen-bond donors (Lipinski definition) is 6. The van der Waals surface area contributed by atoms with Gasteiger partial charge in [0, 0.05) is 46.4 Å². The summed E-state index contributed by atoms with van der Waals surface area (Å²) in [6.07, 6.45) is 1.17. The van der Waals surface area contributed by atoms with Crippen LogP contribution in [0.25, 0.3) is 21.3 Å². The molecule has 3 heterocycles. The Morgan fingerprint density at radius 1 is 0.797 bits per heavy atom. The first-order valence-electron chi connectivity index (χ1n) is 21.6. The summed E-state index contributed by atoms with van der Waals surface area (Å²) in [7, 11) is 0. The van der Waals surface area contributed by atoms with Gasteiger partial charge in [0.25, 0.3) is 0 Å². The van der Waals surface area contributed by atoms with Gasteiger partial charge >= 0.3 is 5.97 Å². The number of ether oxygens (including phenoxy) is 1. The SMILES string of the molecule is O=C(Cc1ccc(CNC[C@H](O)c2ccc(O)c3[nH]c(=O)ccc23)cc1)NCc1ccc(-c2cccc(C(O)(C(=O)OCC3CCN(Cc4ccccc4)CC3)c3ccccc3)c2)s1. The van der Waals surface area contributed by atoms with Crippen molar-refractivity contribution in [2.75, 3.05) is 26.2 Å². The fourth-order valence-electron chi connectivity index (χ4n) is 8.28. The molecule has 0 bridgehead atoms. The van der Waals surface area contributed by atoms with Crippen LogP contribution in [0.3, 0.4) is 0 Å². The average molecular weight is 877 g/mol. The van der Waals surface area contributed by atoms with Gasteiger partial charge in [0.2, 0.25) is 17.1 Å². The Labute approximate surface area is 376 Å². The molecule has 1 fully saturated rings. The molecule has 0 radical (unpaired) electrons. The fourth-order valence-corrected chi connectivity index (χ4v) is 9.22. The summed E-state index contributed by atoms with van der Waals surface area (Å²) < 4.78 is 5.95. The molecule has 1 aliphatic rings. The molecule has 5 aromatic carbocycles. The van der Waals surface area contributed by atoms with E-state index >= 15 is 0 Å². The molecular weight excluding hydrogens is 825 g/mol. The Morgan fingerprint density at radius 3 is 2.28 bits per heavy atom. The summed E-state index contributed by atoms with van der Waals surface area (Å²) >= 11 is 1.53. The van der Waals surface area contributed by atoms with Gasteiger partial charge < -0.3 is 35.7 Å². The number of pyridine rings is 1. The quantitative estimate of drug-likeness (QED) is 0.0514. The zero-order valence-electron chi connectivity index (χ0n) is 35.4. The predicted octanol–water partition coefficient (Wildman–Crippen LogP) is 7.34. The number of aromatic hydroxyl groups is 1. The van der Waals surface area contributed by atoms with E-state index in [1.807, 2.05) is 66.7 Å². The number of aromatic amines is 1. The smallest absolute Gasteiger partial charge is 0.347 e. The highest BCUT2D eigenvalue weighted by Gasteiger charge is 2.42. The number of nitrogens with one attached hydrogen (secondary N) is 3. The van der Waals surface area contributed by atoms with E-state index in [1.165, 1.54) is 29.0 Å². The number of hydrogen-bond acceptors (Lipinski definition) is 10. The normalized spacial score (nSPS) is 14.8. The van der Waals surface area contributed by atoms with Gasteiger partial charge in [-0.15, -0.1) is 11.3 Å². The highest BCUT2D eigenvalue weighted by Crippen LogP contribution is 2.36. The molecule has 64 heavy (non-hydrogen) atoms. The summed E-state index contributed by atoms with van der Waals surface area (Å²) in [5.41, 5.74) is 3.37. The Morgan fingerprint density at radius 2 is 1.52 bits per heavy atom. The van der Waals surface area contributed by atoms with E-state index in [0.29, 0.717) is 35.2 Å². The van der Waals surface area contributed by atoms with Crippen molar-refractivity contribution in [1.82, 2.24) is 20.5 Å². The van der Waals surface area contributed by atoms with Crippen LogP contribution in [-0.4, -0.2) is 63.3 Å². The molecule has 1 aliphatic heterocycles. The van der Waals surface area contributed by atoms with Crippen molar-refractivity contribution in [2.24, 2.45) is 5.92 Å². The maximum atomic E-state index is 14.0. The van der Waals surface area contributed by atoms with Crippen molar-refractivity contribution in [2.45, 2.75) is 50.6 Å². The van der Waals surface area contributed by atoms with Crippen LogP contribution in [0.4, 0.5) is 0 Å². The number of thiophene rings is 1. The van der Waals surface area contributed by atoms with Gasteiger partial charge in [0.05, 0.1) is 31.2 Å². The zero-order chi connectivity index (χ0) is 44.5. The van der Waals surface area contributed by atoms with Gasteiger partial charge in [0.15, 0.2) is 0 Å². The van der Waals surface area contributed by atoms with Gasteiger partial charge in [-0.2, -0.15) is 0 Å². The number of phenols is 1. The summed E-state index contributed by atoms with van der Waals surface area (Å²) in [5, 5.41) is 40.2. The number of likely N-dealkylation sites (tertiary alicyclic amines) is 1. The molecule has 12 heteroatoms. The summed E-state index contributed by atoms with van der Waals surface area (Å²) in [6.45, 7) is 4.09. The van der Waals surface area contributed by atoms with E-state index in [2.05, 4.69) is 44.8 Å². The van der Waals surface area contributed by atoms with Gasteiger partial charge in [-0.3, -0.25) is 14.5 Å². The molecule has 1 amide bonds. The molecular formula is C52H52N4O7S. The third-order valence-corrected chi connectivity index (χ3v) is 13.0. The minimum atomic E-state index is -2.01. The van der Waals surface area contributed by atoms with Crippen LogP contribution in [-0.2, 0) is 46.0 Å². The number of piperidine rings is 1. The molecule has 0 aliphatic carbocycles. The number of carbonyl (C=O) groups excluding carboxylic acids is 2. The second kappa shape index (κ2) is 20.4. The lowest BCUT2D eigenvalue weighted by Gasteiger charge is -2.33. The van der Waals surface area contributed by atoms with Crippen molar-refractivity contribution in [3.63, 3.8) is 0 Å². The highest BCUT2D eigenvalue weighted by molar-refractivity contribution is 7.15. The molecule has 1 unspecified atom stereocenters. The molecule has 11 nitrogen and oxygen atoms in total. The predicted molar refractivity (Wildman–Crippen MR) is 249 cm³/mol. The van der Waals surface area contributed by atoms with Crippen LogP contribution in [0.5, 0.6) is 5.75 Å². The first kappa shape index (κ1) is 44.2. The Balaban J connectivity index is 0.827. The molecule has 7 aromatic rings. The number of aliphatic hydroxyl groups excluding tert-OH is 1. The van der Waals surface area contributed by atoms with E-state index in [4.69, 9.17) is 4.74 Å². The molecule has 2 atom stereocenters. The average Bonchev–Trinajstić information content (AvgIpc) is 3.81. The summed E-state index contributed by atoms with van der Waals surface area (Å²) in [4.78, 5) is 45.6. The number of amides is 1. The number of benzene rings is 5. The molecule has 0 spiro atoms. The number of aliphatic hydroxyl groups is 2. The number of rotatable bonds is 17. The van der Waals surface area contributed by atoms with Crippen molar-refractivity contribution < 1.29 is 29.6 Å². The van der Waals surface area contributed by atoms with E-state index in [1.54, 1.807) is 42.5 Å². The number of esters is 1. The molecule has 1 saturated heterocycles. The maximum Gasteiger partial charge on any atom is 0.347 e. The molecule has 8 rings (SSSR count). The van der Waals surface area contributed by atoms with Crippen molar-refractivity contribution in [3.8, 4) is 16.2 Å². The number of aromatic nitrogens is 1. The van der Waals surface area contributed by atoms with Crippen molar-refractivity contribution in [1.29, 1.82) is 0 Å². The lowest BCUT2D eigenvalue weighted by Crippen LogP contribution is -2.40. The molecule has 328 valence electrons. The van der Waals surface area contributed by atoms with Crippen molar-refractivity contribution >= 4 is 34.1 Å². The monoisotopic (exact) mass is 876 g/mol. The largest absolute Gasteiger partial charge is 0.506 e. The van der Waals surface area contributed by atoms with E-state index in [0.717, 1.165) is 58.9 Å². The summed E-state index contributed by atoms with van der Waals surface area (Å²) in [6, 6.07) is 44.5. The zero-order valence-corrected chi connectivity index (χ0v) is 36.2. The van der Waals surface area contributed by atoms with Crippen LogP contribution >= 0.6 is 11.3 Å². The van der Waals surface area contributed by atoms with Gasteiger partial charge in [-0.05, 0) is 95.6 Å². The first-order valence-corrected chi connectivity index (χ1v) is 22.4. The van der Waals surface area contributed by atoms with Crippen LogP contribution < -0.4 is 16.2 Å². The van der Waals surface area contributed by atoms with Gasteiger partial charge in [0.1, 0.15) is 5.75 Å². The van der Waals surface area contributed by atoms with Crippen LogP contribution in [0.1, 0.15) is 57.2 Å². The lowest BCUT2D eigenvalue weighted by atomic mass is 9.85. The maximum absolute atomic E-state index is 14.0. The molecule has 6 N–H and O–H groups in total. The van der Waals surface area contributed by atoms with Crippen LogP contribution in [0.2, 0.25) is 0 Å². The van der Waals surface area contributed by atoms with Gasteiger partial charge in [-0.25, -0.2) is 4.79 Å². The minimum absolute atomic E-state index is 0.0580. The Bertz CT molecular complexity index is 2730. The number of nitrogens with zero attached hydrogens (tertiary/aromatic N) is 1. The summed E-state index contributed by atoms with van der Waals surface area (Å²) in [5.74, 6) is -0.651. The standard InChI is InChI=1S/C52H52N4O7S/c57-45-21-19-43(44-20-23-48(59)55-50(44)45)46(58)32-53-30-36-16-14-35(15-17-36)28-49(60)54-31-42-18-22-47(64-42)39-10-7-13-41(29-39)52(62,40-11-5-2-6-12-40)51(61)63-34-38-24-26-56(27-25-38)33-37-8-3-1-4-9-37/h1-23,29,38,46,53,57-58,62H,24-28,30-34H2,(H,54,60)(H,55,59)/t46-,52?/m0/s1. The number of H-pyrrole nitrogens is 1. The van der Waals surface area contributed by atoms with Crippen molar-refractivity contribution in [3.05, 3.63) is 194 Å². The van der Waals surface area contributed by atoms with E-state index in [-0.39, 0.29) is 48.2 Å². The van der Waals surface area contributed by atoms with Crippen LogP contribution in [0.15, 0.2) is 150 Å². The van der Waals surface area contributed by atoms with Gasteiger partial charge in [-0.1, -0.05) is 109 Å². The lowest BCUT2D eigenvalue weighted by molar-refractivity contribution is -0.164. The topological polar surface area (TPSA) is 164 Å². The highest BCUT2D eigenvalue weighted by atomic mass is 32.1. The fraction of sp³-hybridized carbons (Fsp3) is 0.250. The second-order valence-electron chi connectivity index (χ2n) is 16.4. The third-order valence-electron chi connectivity index (χ3n) is 11.9. The number of phenolic OH excluding ortho intramolecular Hbond substituents is 1. The minimum Gasteiger partial charge on any atom is -0.506 e. The van der Waals surface area contributed by atoms with Crippen LogP contribution in [0, 0.1) is 5.92 Å². The first-order chi connectivity index (χ1) is 31.1. The van der Waals surface area contributed by atoms with E-state index in [9.17, 15) is 29.7 Å². The number of carbonyl (C=O) groups is 2. The second-order valence-corrected chi connectivity index (χ2v) is 17.6. The number of fused-ring (bicyclic) bond motifs is 1. The Hall–Kier alpha value is -6.41. The third kappa shape index (κ3) is 10.7. The Kier molecular flexibility index (Phi) is 14.1.